The summed E-state index contributed by atoms with van der Waals surface area (Å²) in [6.07, 6.45) is 4.90. The van der Waals surface area contributed by atoms with E-state index in [0.29, 0.717) is 0 Å². The topological polar surface area (TPSA) is 37.8 Å². The molecule has 1 atom stereocenters. The molecule has 0 aliphatic rings. The summed E-state index contributed by atoms with van der Waals surface area (Å²) < 4.78 is 0. The maximum absolute atomic E-state index is 4.40. The zero-order valence-corrected chi connectivity index (χ0v) is 11.9. The Kier molecular flexibility index (Phi) is 4.63. The van der Waals surface area contributed by atoms with Crippen molar-refractivity contribution in [1.82, 2.24) is 15.3 Å². The second-order valence-electron chi connectivity index (χ2n) is 4.80. The highest BCUT2D eigenvalue weighted by Gasteiger charge is 2.15. The van der Waals surface area contributed by atoms with Gasteiger partial charge in [-0.2, -0.15) is 0 Å². The van der Waals surface area contributed by atoms with Gasteiger partial charge in [0, 0.05) is 23.8 Å². The maximum Gasteiger partial charge on any atom is 0.0609 e. The molecule has 0 amide bonds. The molecule has 0 bridgehead atoms. The molecule has 0 aliphatic heterocycles. The van der Waals surface area contributed by atoms with Gasteiger partial charge in [0.05, 0.1) is 6.04 Å². The molecule has 0 spiro atoms. The van der Waals surface area contributed by atoms with Gasteiger partial charge >= 0.3 is 0 Å². The molecule has 100 valence electrons. The maximum atomic E-state index is 4.40. The highest BCUT2D eigenvalue weighted by atomic mass is 14.9. The lowest BCUT2D eigenvalue weighted by atomic mass is 9.98. The summed E-state index contributed by atoms with van der Waals surface area (Å²) in [5, 5.41) is 3.58. The minimum atomic E-state index is 0.168. The van der Waals surface area contributed by atoms with E-state index in [1.807, 2.05) is 25.4 Å². The van der Waals surface area contributed by atoms with E-state index in [9.17, 15) is 0 Å². The van der Waals surface area contributed by atoms with Crippen molar-refractivity contribution in [1.29, 1.82) is 0 Å². The molecule has 3 nitrogen and oxygen atoms in total. The fraction of sp³-hybridized carbons (Fsp3) is 0.375. The molecule has 0 fully saturated rings. The first-order valence-electron chi connectivity index (χ1n) is 6.79. The minimum absolute atomic E-state index is 0.168. The normalized spacial score (nSPS) is 12.4. The van der Waals surface area contributed by atoms with Crippen LogP contribution in [-0.2, 0) is 0 Å². The summed E-state index contributed by atoms with van der Waals surface area (Å²) in [6.45, 7) is 7.21. The van der Waals surface area contributed by atoms with Gasteiger partial charge in [0.25, 0.3) is 0 Å². The first-order valence-corrected chi connectivity index (χ1v) is 6.79. The van der Waals surface area contributed by atoms with Crippen molar-refractivity contribution in [2.75, 3.05) is 6.54 Å². The predicted octanol–water partition coefficient (Wildman–Crippen LogP) is 3.18. The molecule has 0 saturated carbocycles. The zero-order chi connectivity index (χ0) is 13.7. The van der Waals surface area contributed by atoms with Crippen LogP contribution in [-0.4, -0.2) is 16.5 Å². The Morgan fingerprint density at radius 3 is 2.63 bits per heavy atom. The Labute approximate surface area is 115 Å². The van der Waals surface area contributed by atoms with Crippen molar-refractivity contribution in [2.24, 2.45) is 0 Å². The van der Waals surface area contributed by atoms with E-state index in [1.165, 1.54) is 11.1 Å². The van der Waals surface area contributed by atoms with E-state index >= 15 is 0 Å². The Morgan fingerprint density at radius 2 is 2.00 bits per heavy atom. The Morgan fingerprint density at radius 1 is 1.16 bits per heavy atom. The Balaban J connectivity index is 2.35. The second-order valence-corrected chi connectivity index (χ2v) is 4.80. The highest BCUT2D eigenvalue weighted by Crippen LogP contribution is 2.23. The fourth-order valence-electron chi connectivity index (χ4n) is 2.15. The molecular formula is C16H21N3. The van der Waals surface area contributed by atoms with Gasteiger partial charge in [0.1, 0.15) is 0 Å². The van der Waals surface area contributed by atoms with Gasteiger partial charge in [-0.25, -0.2) is 0 Å². The quantitative estimate of drug-likeness (QED) is 0.891. The molecule has 1 unspecified atom stereocenters. The number of pyridine rings is 2. The highest BCUT2D eigenvalue weighted by molar-refractivity contribution is 5.32. The van der Waals surface area contributed by atoms with Gasteiger partial charge in [0.2, 0.25) is 0 Å². The van der Waals surface area contributed by atoms with Crippen molar-refractivity contribution >= 4 is 0 Å². The van der Waals surface area contributed by atoms with Crippen molar-refractivity contribution in [3.8, 4) is 0 Å². The van der Waals surface area contributed by atoms with Crippen LogP contribution in [0.5, 0.6) is 0 Å². The van der Waals surface area contributed by atoms with Gasteiger partial charge in [-0.15, -0.1) is 0 Å². The van der Waals surface area contributed by atoms with Gasteiger partial charge in [-0.05, 0) is 50.1 Å². The van der Waals surface area contributed by atoms with Gasteiger partial charge in [-0.3, -0.25) is 9.97 Å². The minimum Gasteiger partial charge on any atom is -0.306 e. The van der Waals surface area contributed by atoms with Crippen LogP contribution >= 0.6 is 0 Å². The van der Waals surface area contributed by atoms with Crippen LogP contribution in [0.25, 0.3) is 0 Å². The van der Waals surface area contributed by atoms with E-state index in [0.717, 1.165) is 24.4 Å². The summed E-state index contributed by atoms with van der Waals surface area (Å²) in [7, 11) is 0. The lowest BCUT2D eigenvalue weighted by Gasteiger charge is -2.20. The number of hydrogen-bond donors (Lipinski definition) is 1. The molecule has 3 heteroatoms. The van der Waals surface area contributed by atoms with E-state index < -0.39 is 0 Å². The molecular weight excluding hydrogens is 234 g/mol. The van der Waals surface area contributed by atoms with E-state index in [4.69, 9.17) is 0 Å². The molecule has 2 aromatic heterocycles. The van der Waals surface area contributed by atoms with Gasteiger partial charge in [-0.1, -0.05) is 19.1 Å². The summed E-state index contributed by atoms with van der Waals surface area (Å²) in [5.74, 6) is 0. The molecule has 0 aromatic carbocycles. The van der Waals surface area contributed by atoms with Crippen LogP contribution in [0.2, 0.25) is 0 Å². The number of hydrogen-bond acceptors (Lipinski definition) is 3. The SMILES string of the molecule is CCCNC(c1ccc(C)nc1)c1cccnc1C. The van der Waals surface area contributed by atoms with Crippen molar-refractivity contribution in [2.45, 2.75) is 33.2 Å². The number of nitrogens with one attached hydrogen (secondary N) is 1. The summed E-state index contributed by atoms with van der Waals surface area (Å²) in [4.78, 5) is 8.79. The number of aryl methyl sites for hydroxylation is 2. The van der Waals surface area contributed by atoms with Crippen molar-refractivity contribution in [3.63, 3.8) is 0 Å². The molecule has 2 heterocycles. The number of nitrogens with zero attached hydrogens (tertiary/aromatic N) is 2. The van der Waals surface area contributed by atoms with Crippen molar-refractivity contribution in [3.05, 3.63) is 59.2 Å². The average Bonchev–Trinajstić information content (AvgIpc) is 2.43. The molecule has 0 saturated heterocycles. The van der Waals surface area contributed by atoms with E-state index in [2.05, 4.69) is 47.3 Å². The lowest BCUT2D eigenvalue weighted by Crippen LogP contribution is -2.24. The first-order chi connectivity index (χ1) is 9.22. The monoisotopic (exact) mass is 255 g/mol. The number of rotatable bonds is 5. The van der Waals surface area contributed by atoms with Gasteiger partial charge < -0.3 is 5.32 Å². The fourth-order valence-corrected chi connectivity index (χ4v) is 2.15. The summed E-state index contributed by atoms with van der Waals surface area (Å²) >= 11 is 0. The third kappa shape index (κ3) is 3.38. The van der Waals surface area contributed by atoms with E-state index in [1.54, 1.807) is 0 Å². The summed E-state index contributed by atoms with van der Waals surface area (Å²) in [6, 6.07) is 8.49. The standard InChI is InChI=1S/C16H21N3/c1-4-9-18-16(14-8-7-12(2)19-11-14)15-6-5-10-17-13(15)3/h5-8,10-11,16,18H,4,9H2,1-3H3. The third-order valence-electron chi connectivity index (χ3n) is 3.22. The largest absolute Gasteiger partial charge is 0.306 e. The van der Waals surface area contributed by atoms with Gasteiger partial charge in [0.15, 0.2) is 0 Å². The van der Waals surface area contributed by atoms with Crippen LogP contribution in [0.15, 0.2) is 36.7 Å². The molecule has 0 aliphatic carbocycles. The third-order valence-corrected chi connectivity index (χ3v) is 3.22. The lowest BCUT2D eigenvalue weighted by molar-refractivity contribution is 0.592. The molecule has 2 aromatic rings. The molecule has 19 heavy (non-hydrogen) atoms. The Bertz CT molecular complexity index is 520. The molecule has 0 radical (unpaired) electrons. The zero-order valence-electron chi connectivity index (χ0n) is 11.9. The molecule has 2 rings (SSSR count). The Hall–Kier alpha value is -1.74. The molecule has 1 N–H and O–H groups in total. The average molecular weight is 255 g/mol. The van der Waals surface area contributed by atoms with Crippen LogP contribution in [0.1, 0.15) is 41.9 Å². The first kappa shape index (κ1) is 13.7. The van der Waals surface area contributed by atoms with Crippen LogP contribution < -0.4 is 5.32 Å². The smallest absolute Gasteiger partial charge is 0.0609 e. The summed E-state index contributed by atoms with van der Waals surface area (Å²) in [5.41, 5.74) is 4.52. The van der Waals surface area contributed by atoms with E-state index in [-0.39, 0.29) is 6.04 Å². The van der Waals surface area contributed by atoms with Crippen LogP contribution in [0.4, 0.5) is 0 Å². The second kappa shape index (κ2) is 6.43. The predicted molar refractivity (Wildman–Crippen MR) is 78.1 cm³/mol. The van der Waals surface area contributed by atoms with Crippen LogP contribution in [0.3, 0.4) is 0 Å². The number of aromatic nitrogens is 2. The van der Waals surface area contributed by atoms with Crippen LogP contribution in [0, 0.1) is 13.8 Å². The van der Waals surface area contributed by atoms with Crippen molar-refractivity contribution < 1.29 is 0 Å².